The molecule has 0 atom stereocenters. The molecule has 1 aromatic heterocycles. The molecule has 1 aromatic carbocycles. The summed E-state index contributed by atoms with van der Waals surface area (Å²) < 4.78 is 5.83. The molecule has 0 fully saturated rings. The van der Waals surface area contributed by atoms with Crippen LogP contribution in [0.1, 0.15) is 9.67 Å². The van der Waals surface area contributed by atoms with Gasteiger partial charge >= 0.3 is 6.03 Å². The molecule has 0 saturated carbocycles. The Labute approximate surface area is 144 Å². The second-order valence-electron chi connectivity index (χ2n) is 5.35. The summed E-state index contributed by atoms with van der Waals surface area (Å²) >= 11 is 1.18. The maximum absolute atomic E-state index is 11.6. The third kappa shape index (κ3) is 4.46. The van der Waals surface area contributed by atoms with Crippen molar-refractivity contribution < 1.29 is 14.3 Å². The number of amides is 3. The van der Waals surface area contributed by atoms with E-state index in [0.29, 0.717) is 18.0 Å². The van der Waals surface area contributed by atoms with Crippen LogP contribution in [-0.2, 0) is 0 Å². The normalized spacial score (nSPS) is 10.6. The molecular formula is C16H20N4O3S. The third-order valence-electron chi connectivity index (χ3n) is 3.16. The van der Waals surface area contributed by atoms with Crippen LogP contribution >= 0.6 is 11.3 Å². The molecule has 0 spiro atoms. The Morgan fingerprint density at radius 2 is 1.96 bits per heavy atom. The van der Waals surface area contributed by atoms with E-state index in [1.807, 2.05) is 43.3 Å². The van der Waals surface area contributed by atoms with Gasteiger partial charge in [0, 0.05) is 17.0 Å². The van der Waals surface area contributed by atoms with E-state index < -0.39 is 11.9 Å². The van der Waals surface area contributed by atoms with Crippen LogP contribution in [0.2, 0.25) is 0 Å². The van der Waals surface area contributed by atoms with E-state index in [2.05, 4.69) is 5.32 Å². The molecule has 0 radical (unpaired) electrons. The van der Waals surface area contributed by atoms with Crippen molar-refractivity contribution >= 4 is 29.0 Å². The summed E-state index contributed by atoms with van der Waals surface area (Å²) in [7, 11) is 3.94. The Morgan fingerprint density at radius 1 is 1.25 bits per heavy atom. The standard InChI is InChI=1S/C16H20N4O3S/c1-20(2)7-8-23-12-6-4-3-5-10(12)13-9-11(19-16(18)22)14(24-13)15(17)21/h3-6,9H,7-8H2,1-2H3,(H2,17,21)(H3,18,19,22). The number of hydrogen-bond donors (Lipinski definition) is 3. The van der Waals surface area contributed by atoms with Crippen LogP contribution in [-0.4, -0.2) is 44.1 Å². The number of thiophene rings is 1. The quantitative estimate of drug-likeness (QED) is 0.710. The zero-order valence-corrected chi connectivity index (χ0v) is 14.4. The van der Waals surface area contributed by atoms with E-state index in [1.54, 1.807) is 6.07 Å². The first-order chi connectivity index (χ1) is 11.4. The van der Waals surface area contributed by atoms with Gasteiger partial charge in [-0.1, -0.05) is 12.1 Å². The molecule has 0 aliphatic heterocycles. The number of hydrogen-bond acceptors (Lipinski definition) is 5. The Bertz CT molecular complexity index is 743. The molecule has 5 N–H and O–H groups in total. The van der Waals surface area contributed by atoms with Crippen LogP contribution in [0, 0.1) is 0 Å². The summed E-state index contributed by atoms with van der Waals surface area (Å²) in [6, 6.07) is 8.41. The molecule has 0 aliphatic rings. The average molecular weight is 348 g/mol. The molecule has 3 amide bonds. The van der Waals surface area contributed by atoms with Gasteiger partial charge in [0.05, 0.1) is 5.69 Å². The van der Waals surface area contributed by atoms with E-state index in [4.69, 9.17) is 16.2 Å². The number of nitrogens with one attached hydrogen (secondary N) is 1. The highest BCUT2D eigenvalue weighted by Gasteiger charge is 2.18. The number of likely N-dealkylation sites (N-methyl/N-ethyl adjacent to an activating group) is 1. The summed E-state index contributed by atoms with van der Waals surface area (Å²) in [5, 5.41) is 2.42. The monoisotopic (exact) mass is 348 g/mol. The van der Waals surface area contributed by atoms with Crippen molar-refractivity contribution in [3.8, 4) is 16.2 Å². The van der Waals surface area contributed by atoms with Crippen molar-refractivity contribution in [2.75, 3.05) is 32.6 Å². The Kier molecular flexibility index (Phi) is 5.78. The predicted molar refractivity (Wildman–Crippen MR) is 95.5 cm³/mol. The zero-order valence-electron chi connectivity index (χ0n) is 13.5. The minimum absolute atomic E-state index is 0.242. The van der Waals surface area contributed by atoms with Gasteiger partial charge in [0.15, 0.2) is 0 Å². The van der Waals surface area contributed by atoms with Gasteiger partial charge in [0.1, 0.15) is 17.2 Å². The van der Waals surface area contributed by atoms with Gasteiger partial charge in [-0.05, 0) is 32.3 Å². The lowest BCUT2D eigenvalue weighted by molar-refractivity contribution is 0.100. The second-order valence-corrected chi connectivity index (χ2v) is 6.41. The van der Waals surface area contributed by atoms with E-state index in [-0.39, 0.29) is 4.88 Å². The van der Waals surface area contributed by atoms with Crippen molar-refractivity contribution in [3.63, 3.8) is 0 Å². The highest BCUT2D eigenvalue weighted by Crippen LogP contribution is 2.39. The van der Waals surface area contributed by atoms with Gasteiger partial charge in [-0.15, -0.1) is 11.3 Å². The number of carbonyl (C=O) groups is 2. The predicted octanol–water partition coefficient (Wildman–Crippen LogP) is 1.95. The van der Waals surface area contributed by atoms with Crippen LogP contribution in [0.25, 0.3) is 10.4 Å². The number of nitrogens with two attached hydrogens (primary N) is 2. The topological polar surface area (TPSA) is 111 Å². The summed E-state index contributed by atoms with van der Waals surface area (Å²) in [6.45, 7) is 1.31. The van der Waals surface area contributed by atoms with Crippen molar-refractivity contribution in [1.82, 2.24) is 4.90 Å². The fourth-order valence-corrected chi connectivity index (χ4v) is 3.06. The molecule has 2 rings (SSSR count). The Balaban J connectivity index is 2.34. The zero-order chi connectivity index (χ0) is 17.7. The van der Waals surface area contributed by atoms with Gasteiger partial charge in [0.2, 0.25) is 0 Å². The maximum Gasteiger partial charge on any atom is 0.316 e. The molecule has 0 bridgehead atoms. The minimum atomic E-state index is -0.752. The number of ether oxygens (including phenoxy) is 1. The second kappa shape index (κ2) is 7.80. The largest absolute Gasteiger partial charge is 0.492 e. The molecule has 2 aromatic rings. The van der Waals surface area contributed by atoms with Crippen molar-refractivity contribution in [2.45, 2.75) is 0 Å². The van der Waals surface area contributed by atoms with Crippen LogP contribution < -0.4 is 21.5 Å². The minimum Gasteiger partial charge on any atom is -0.492 e. The lowest BCUT2D eigenvalue weighted by atomic mass is 10.1. The van der Waals surface area contributed by atoms with Crippen molar-refractivity contribution in [3.05, 3.63) is 35.2 Å². The molecule has 8 heteroatoms. The number of anilines is 1. The molecular weight excluding hydrogens is 328 g/mol. The molecule has 0 saturated heterocycles. The number of benzene rings is 1. The van der Waals surface area contributed by atoms with Gasteiger partial charge < -0.3 is 26.4 Å². The molecule has 1 heterocycles. The lowest BCUT2D eigenvalue weighted by Crippen LogP contribution is -2.21. The molecule has 24 heavy (non-hydrogen) atoms. The number of carbonyl (C=O) groups excluding carboxylic acids is 2. The van der Waals surface area contributed by atoms with Crippen LogP contribution in [0.15, 0.2) is 30.3 Å². The summed E-state index contributed by atoms with van der Waals surface area (Å²) in [5.41, 5.74) is 11.6. The molecule has 7 nitrogen and oxygen atoms in total. The first-order valence-electron chi connectivity index (χ1n) is 7.25. The summed E-state index contributed by atoms with van der Waals surface area (Å²) in [5.74, 6) is 0.0725. The van der Waals surface area contributed by atoms with E-state index in [1.165, 1.54) is 11.3 Å². The molecule has 0 aliphatic carbocycles. The number of nitrogens with zero attached hydrogens (tertiary/aromatic N) is 1. The number of para-hydroxylation sites is 1. The van der Waals surface area contributed by atoms with E-state index in [0.717, 1.165) is 17.0 Å². The fraction of sp³-hybridized carbons (Fsp3) is 0.250. The maximum atomic E-state index is 11.6. The number of primary amides is 2. The number of rotatable bonds is 7. The average Bonchev–Trinajstić information content (AvgIpc) is 2.90. The first-order valence-corrected chi connectivity index (χ1v) is 8.07. The summed E-state index contributed by atoms with van der Waals surface area (Å²) in [4.78, 5) is 25.7. The lowest BCUT2D eigenvalue weighted by Gasteiger charge is -2.13. The highest BCUT2D eigenvalue weighted by molar-refractivity contribution is 7.18. The van der Waals surface area contributed by atoms with E-state index >= 15 is 0 Å². The van der Waals surface area contributed by atoms with Crippen molar-refractivity contribution in [1.29, 1.82) is 0 Å². The smallest absolute Gasteiger partial charge is 0.316 e. The van der Waals surface area contributed by atoms with Gasteiger partial charge in [0.25, 0.3) is 5.91 Å². The van der Waals surface area contributed by atoms with Crippen LogP contribution in [0.5, 0.6) is 5.75 Å². The van der Waals surface area contributed by atoms with Gasteiger partial charge in [-0.25, -0.2) is 4.79 Å². The Morgan fingerprint density at radius 3 is 2.58 bits per heavy atom. The van der Waals surface area contributed by atoms with Gasteiger partial charge in [-0.2, -0.15) is 0 Å². The van der Waals surface area contributed by atoms with E-state index in [9.17, 15) is 9.59 Å². The highest BCUT2D eigenvalue weighted by atomic mass is 32.1. The molecule has 0 unspecified atom stereocenters. The fourth-order valence-electron chi connectivity index (χ4n) is 2.07. The van der Waals surface area contributed by atoms with Crippen LogP contribution in [0.3, 0.4) is 0 Å². The SMILES string of the molecule is CN(C)CCOc1ccccc1-c1cc(NC(N)=O)c(C(N)=O)s1. The summed E-state index contributed by atoms with van der Waals surface area (Å²) in [6.07, 6.45) is 0. The number of urea groups is 1. The van der Waals surface area contributed by atoms with Crippen molar-refractivity contribution in [2.24, 2.45) is 11.5 Å². The van der Waals surface area contributed by atoms with Crippen LogP contribution in [0.4, 0.5) is 10.5 Å². The van der Waals surface area contributed by atoms with Gasteiger partial charge in [-0.3, -0.25) is 4.79 Å². The molecule has 128 valence electrons. The first kappa shape index (κ1) is 17.8. The Hall–Kier alpha value is -2.58. The third-order valence-corrected chi connectivity index (χ3v) is 4.35.